The second-order valence-electron chi connectivity index (χ2n) is 5.24. The largest absolute Gasteiger partial charge is 0.478 e. The summed E-state index contributed by atoms with van der Waals surface area (Å²) in [6, 6.07) is 4.27. The average Bonchev–Trinajstić information content (AvgIpc) is 2.69. The summed E-state index contributed by atoms with van der Waals surface area (Å²) in [6.45, 7) is 2.17. The number of hydrogen-bond donors (Lipinski definition) is 2. The molecule has 1 heterocycles. The van der Waals surface area contributed by atoms with Crippen molar-refractivity contribution in [3.8, 4) is 0 Å². The molecule has 1 aromatic carbocycles. The van der Waals surface area contributed by atoms with E-state index in [9.17, 15) is 9.59 Å². The van der Waals surface area contributed by atoms with Crippen molar-refractivity contribution < 1.29 is 14.7 Å². The number of nitrogens with zero attached hydrogens (tertiary/aromatic N) is 1. The third kappa shape index (κ3) is 4.72. The topological polar surface area (TPSA) is 69.6 Å². The first-order valence-corrected chi connectivity index (χ1v) is 7.49. The van der Waals surface area contributed by atoms with Gasteiger partial charge in [0.05, 0.1) is 22.8 Å². The van der Waals surface area contributed by atoms with E-state index in [2.05, 4.69) is 10.2 Å². The van der Waals surface area contributed by atoms with Gasteiger partial charge in [0, 0.05) is 0 Å². The van der Waals surface area contributed by atoms with Crippen LogP contribution >= 0.6 is 11.6 Å². The van der Waals surface area contributed by atoms with Crippen molar-refractivity contribution in [2.24, 2.45) is 0 Å². The number of likely N-dealkylation sites (tertiary alicyclic amines) is 1. The molecule has 1 amide bonds. The maximum absolute atomic E-state index is 12.1. The van der Waals surface area contributed by atoms with Gasteiger partial charge in [0.1, 0.15) is 0 Å². The van der Waals surface area contributed by atoms with Crippen LogP contribution in [0.25, 0.3) is 0 Å². The molecule has 6 heteroatoms. The zero-order valence-corrected chi connectivity index (χ0v) is 12.5. The molecule has 1 aliphatic heterocycles. The van der Waals surface area contributed by atoms with Crippen molar-refractivity contribution in [2.45, 2.75) is 25.7 Å². The van der Waals surface area contributed by atoms with Crippen LogP contribution in [0.4, 0.5) is 5.69 Å². The first kappa shape index (κ1) is 15.8. The summed E-state index contributed by atoms with van der Waals surface area (Å²) in [4.78, 5) is 25.1. The van der Waals surface area contributed by atoms with E-state index in [1.54, 1.807) is 0 Å². The van der Waals surface area contributed by atoms with Crippen molar-refractivity contribution >= 4 is 29.2 Å². The average molecular weight is 311 g/mol. The van der Waals surface area contributed by atoms with Gasteiger partial charge in [-0.25, -0.2) is 4.79 Å². The fourth-order valence-corrected chi connectivity index (χ4v) is 2.61. The summed E-state index contributed by atoms with van der Waals surface area (Å²) in [5.74, 6) is -1.21. The Bertz CT molecular complexity index is 526. The van der Waals surface area contributed by atoms with Crippen LogP contribution in [0.2, 0.25) is 5.02 Å². The van der Waals surface area contributed by atoms with Crippen LogP contribution in [0.1, 0.15) is 36.0 Å². The van der Waals surface area contributed by atoms with Crippen LogP contribution in [-0.4, -0.2) is 41.5 Å². The van der Waals surface area contributed by atoms with Crippen LogP contribution < -0.4 is 5.32 Å². The molecule has 1 aliphatic rings. The van der Waals surface area contributed by atoms with E-state index in [-0.39, 0.29) is 11.5 Å². The van der Waals surface area contributed by atoms with E-state index in [0.29, 0.717) is 17.3 Å². The first-order valence-electron chi connectivity index (χ1n) is 7.11. The minimum absolute atomic E-state index is 0.101. The predicted octanol–water partition coefficient (Wildman–Crippen LogP) is 2.85. The molecular formula is C15H19ClN2O3. The quantitative estimate of drug-likeness (QED) is 0.897. The number of hydrogen-bond acceptors (Lipinski definition) is 3. The number of aromatic carboxylic acids is 1. The number of halogens is 1. The number of rotatable bonds is 4. The molecule has 0 aliphatic carbocycles. The molecule has 0 atom stereocenters. The minimum Gasteiger partial charge on any atom is -0.478 e. The Morgan fingerprint density at radius 2 is 1.86 bits per heavy atom. The number of anilines is 1. The SMILES string of the molecule is O=C(CN1CCCCCC1)Nc1cc(C(=O)O)ccc1Cl. The van der Waals surface area contributed by atoms with Gasteiger partial charge in [-0.15, -0.1) is 0 Å². The Balaban J connectivity index is 1.98. The standard InChI is InChI=1S/C15H19ClN2O3/c16-12-6-5-11(15(20)21)9-13(12)17-14(19)10-18-7-3-1-2-4-8-18/h5-6,9H,1-4,7-8,10H2,(H,17,19)(H,20,21). The van der Waals surface area contributed by atoms with Crippen molar-refractivity contribution in [3.63, 3.8) is 0 Å². The molecule has 0 radical (unpaired) electrons. The fraction of sp³-hybridized carbons (Fsp3) is 0.467. The molecule has 114 valence electrons. The van der Waals surface area contributed by atoms with Crippen LogP contribution in [0.15, 0.2) is 18.2 Å². The smallest absolute Gasteiger partial charge is 0.335 e. The van der Waals surface area contributed by atoms with Gasteiger partial charge in [0.2, 0.25) is 5.91 Å². The Kier molecular flexibility index (Phi) is 5.59. The van der Waals surface area contributed by atoms with Crippen LogP contribution in [0.5, 0.6) is 0 Å². The van der Waals surface area contributed by atoms with Crippen molar-refractivity contribution in [2.75, 3.05) is 25.0 Å². The predicted molar refractivity (Wildman–Crippen MR) is 81.9 cm³/mol. The molecule has 21 heavy (non-hydrogen) atoms. The Morgan fingerprint density at radius 1 is 1.19 bits per heavy atom. The van der Waals surface area contributed by atoms with E-state index < -0.39 is 5.97 Å². The highest BCUT2D eigenvalue weighted by Gasteiger charge is 2.15. The van der Waals surface area contributed by atoms with Gasteiger partial charge in [-0.3, -0.25) is 9.69 Å². The molecule has 0 aromatic heterocycles. The van der Waals surface area contributed by atoms with Gasteiger partial charge >= 0.3 is 5.97 Å². The molecule has 1 aromatic rings. The van der Waals surface area contributed by atoms with Crippen molar-refractivity contribution in [1.29, 1.82) is 0 Å². The second kappa shape index (κ2) is 7.43. The summed E-state index contributed by atoms with van der Waals surface area (Å²) >= 11 is 5.99. The second-order valence-corrected chi connectivity index (χ2v) is 5.65. The summed E-state index contributed by atoms with van der Waals surface area (Å²) in [6.07, 6.45) is 4.65. The maximum Gasteiger partial charge on any atom is 0.335 e. The van der Waals surface area contributed by atoms with Gasteiger partial charge in [-0.2, -0.15) is 0 Å². The fourth-order valence-electron chi connectivity index (χ4n) is 2.44. The zero-order chi connectivity index (χ0) is 15.2. The van der Waals surface area contributed by atoms with Gasteiger partial charge in [-0.05, 0) is 44.1 Å². The highest BCUT2D eigenvalue weighted by Crippen LogP contribution is 2.23. The van der Waals surface area contributed by atoms with Crippen LogP contribution in [0, 0.1) is 0 Å². The number of carboxylic acid groups (broad SMARTS) is 1. The maximum atomic E-state index is 12.1. The first-order chi connectivity index (χ1) is 10.1. The van der Waals surface area contributed by atoms with Crippen LogP contribution in [0.3, 0.4) is 0 Å². The molecule has 0 spiro atoms. The number of amides is 1. The molecule has 2 rings (SSSR count). The number of benzene rings is 1. The molecule has 1 saturated heterocycles. The third-order valence-electron chi connectivity index (χ3n) is 3.55. The number of carbonyl (C=O) groups is 2. The molecule has 0 saturated carbocycles. The normalized spacial score (nSPS) is 16.2. The number of carboxylic acids is 1. The highest BCUT2D eigenvalue weighted by atomic mass is 35.5. The summed E-state index contributed by atoms with van der Waals surface area (Å²) < 4.78 is 0. The molecule has 1 fully saturated rings. The Hall–Kier alpha value is -1.59. The minimum atomic E-state index is -1.05. The lowest BCUT2D eigenvalue weighted by molar-refractivity contribution is -0.117. The van der Waals surface area contributed by atoms with E-state index in [0.717, 1.165) is 25.9 Å². The summed E-state index contributed by atoms with van der Waals surface area (Å²) in [5, 5.41) is 12.0. The molecule has 0 bridgehead atoms. The van der Waals surface area contributed by atoms with E-state index in [1.165, 1.54) is 31.0 Å². The van der Waals surface area contributed by atoms with Crippen LogP contribution in [-0.2, 0) is 4.79 Å². The lowest BCUT2D eigenvalue weighted by atomic mass is 10.2. The summed E-state index contributed by atoms with van der Waals surface area (Å²) in [7, 11) is 0. The van der Waals surface area contributed by atoms with Crippen molar-refractivity contribution in [3.05, 3.63) is 28.8 Å². The summed E-state index contributed by atoms with van der Waals surface area (Å²) in [5.41, 5.74) is 0.445. The monoisotopic (exact) mass is 310 g/mol. The van der Waals surface area contributed by atoms with Crippen molar-refractivity contribution in [1.82, 2.24) is 4.90 Å². The van der Waals surface area contributed by atoms with Gasteiger partial charge in [0.15, 0.2) is 0 Å². The van der Waals surface area contributed by atoms with Gasteiger partial charge in [-0.1, -0.05) is 24.4 Å². The lowest BCUT2D eigenvalue weighted by Gasteiger charge is -2.19. The van der Waals surface area contributed by atoms with Gasteiger partial charge in [0.25, 0.3) is 0 Å². The molecule has 0 unspecified atom stereocenters. The molecule has 5 nitrogen and oxygen atoms in total. The van der Waals surface area contributed by atoms with Gasteiger partial charge < -0.3 is 10.4 Å². The Labute approximate surface area is 128 Å². The van der Waals surface area contributed by atoms with E-state index in [1.807, 2.05) is 0 Å². The molecule has 2 N–H and O–H groups in total. The highest BCUT2D eigenvalue weighted by molar-refractivity contribution is 6.33. The Morgan fingerprint density at radius 3 is 2.48 bits per heavy atom. The number of nitrogens with one attached hydrogen (secondary N) is 1. The molecular weight excluding hydrogens is 292 g/mol. The van der Waals surface area contributed by atoms with E-state index in [4.69, 9.17) is 16.7 Å². The third-order valence-corrected chi connectivity index (χ3v) is 3.88. The lowest BCUT2D eigenvalue weighted by Crippen LogP contribution is -2.34. The number of carbonyl (C=O) groups excluding carboxylic acids is 1. The zero-order valence-electron chi connectivity index (χ0n) is 11.8. The van der Waals surface area contributed by atoms with E-state index >= 15 is 0 Å².